The molecule has 0 aromatic heterocycles. The number of methoxy groups -OCH3 is 1. The van der Waals surface area contributed by atoms with Gasteiger partial charge in [-0.15, -0.1) is 0 Å². The van der Waals surface area contributed by atoms with Crippen molar-refractivity contribution in [1.82, 2.24) is 4.90 Å². The van der Waals surface area contributed by atoms with Gasteiger partial charge >= 0.3 is 6.09 Å². The van der Waals surface area contributed by atoms with Crippen molar-refractivity contribution in [3.05, 3.63) is 29.8 Å². The summed E-state index contributed by atoms with van der Waals surface area (Å²) < 4.78 is 10.7. The second kappa shape index (κ2) is 7.01. The SMILES string of the molecule is COc1ccc([C@@H]2CCN(C(=O)OC(C)(C)C)C[C@]2(C)CO)cc1. The number of nitrogens with zero attached hydrogens (tertiary/aromatic N) is 1. The molecule has 1 saturated heterocycles. The van der Waals surface area contributed by atoms with Gasteiger partial charge in [0.25, 0.3) is 0 Å². The van der Waals surface area contributed by atoms with Crippen LogP contribution in [0.4, 0.5) is 4.79 Å². The van der Waals surface area contributed by atoms with E-state index in [2.05, 4.69) is 0 Å². The number of rotatable bonds is 3. The van der Waals surface area contributed by atoms with Gasteiger partial charge in [0.1, 0.15) is 11.4 Å². The lowest BCUT2D eigenvalue weighted by Crippen LogP contribution is -2.51. The highest BCUT2D eigenvalue weighted by Gasteiger charge is 2.42. The molecule has 1 heterocycles. The fourth-order valence-corrected chi connectivity index (χ4v) is 3.31. The number of aliphatic hydroxyl groups is 1. The van der Waals surface area contributed by atoms with Crippen LogP contribution in [0.1, 0.15) is 45.6 Å². The van der Waals surface area contributed by atoms with Crippen LogP contribution in [-0.2, 0) is 4.74 Å². The molecule has 1 N–H and O–H groups in total. The van der Waals surface area contributed by atoms with Crippen LogP contribution in [0.15, 0.2) is 24.3 Å². The smallest absolute Gasteiger partial charge is 0.410 e. The Labute approximate surface area is 144 Å². The molecule has 1 aliphatic heterocycles. The molecule has 1 amide bonds. The summed E-state index contributed by atoms with van der Waals surface area (Å²) in [6.45, 7) is 8.73. The zero-order chi connectivity index (χ0) is 18.0. The van der Waals surface area contributed by atoms with Crippen LogP contribution in [0.5, 0.6) is 5.75 Å². The normalized spacial score (nSPS) is 24.6. The lowest BCUT2D eigenvalue weighted by Gasteiger charge is -2.45. The van der Waals surface area contributed by atoms with Gasteiger partial charge in [-0.3, -0.25) is 0 Å². The summed E-state index contributed by atoms with van der Waals surface area (Å²) in [5.74, 6) is 1.00. The first-order valence-corrected chi connectivity index (χ1v) is 8.41. The fraction of sp³-hybridized carbons (Fsp3) is 0.632. The molecule has 0 radical (unpaired) electrons. The quantitative estimate of drug-likeness (QED) is 0.919. The molecule has 0 saturated carbocycles. The number of hydrogen-bond donors (Lipinski definition) is 1. The molecular weight excluding hydrogens is 306 g/mol. The largest absolute Gasteiger partial charge is 0.497 e. The van der Waals surface area contributed by atoms with E-state index in [1.54, 1.807) is 12.0 Å². The molecule has 1 aromatic carbocycles. The second-order valence-corrected chi connectivity index (χ2v) is 7.83. The highest BCUT2D eigenvalue weighted by molar-refractivity contribution is 5.68. The molecule has 0 spiro atoms. The van der Waals surface area contributed by atoms with E-state index in [4.69, 9.17) is 9.47 Å². The zero-order valence-electron chi connectivity index (χ0n) is 15.3. The first-order valence-electron chi connectivity index (χ1n) is 8.41. The van der Waals surface area contributed by atoms with Crippen molar-refractivity contribution in [3.8, 4) is 5.75 Å². The van der Waals surface area contributed by atoms with E-state index in [9.17, 15) is 9.90 Å². The number of amides is 1. The predicted molar refractivity (Wildman–Crippen MR) is 93.4 cm³/mol. The van der Waals surface area contributed by atoms with Gasteiger partial charge < -0.3 is 19.5 Å². The lowest BCUT2D eigenvalue weighted by atomic mass is 9.69. The van der Waals surface area contributed by atoms with E-state index in [1.165, 1.54) is 0 Å². The Morgan fingerprint density at radius 2 is 1.96 bits per heavy atom. The van der Waals surface area contributed by atoms with Crippen molar-refractivity contribution >= 4 is 6.09 Å². The van der Waals surface area contributed by atoms with Gasteiger partial charge in [-0.1, -0.05) is 19.1 Å². The minimum Gasteiger partial charge on any atom is -0.497 e. The van der Waals surface area contributed by atoms with Crippen molar-refractivity contribution in [2.24, 2.45) is 5.41 Å². The Kier molecular flexibility index (Phi) is 5.43. The zero-order valence-corrected chi connectivity index (χ0v) is 15.3. The summed E-state index contributed by atoms with van der Waals surface area (Å²) in [7, 11) is 1.65. The number of hydrogen-bond acceptors (Lipinski definition) is 4. The standard InChI is InChI=1S/C19H29NO4/c1-18(2,3)24-17(22)20-11-10-16(19(4,12-20)13-21)14-6-8-15(23-5)9-7-14/h6-9,16,21H,10-13H2,1-5H3/t16-,19+/m0/s1. The van der Waals surface area contributed by atoms with Crippen LogP contribution in [0.3, 0.4) is 0 Å². The molecule has 24 heavy (non-hydrogen) atoms. The molecule has 2 atom stereocenters. The van der Waals surface area contributed by atoms with Gasteiger partial charge in [-0.05, 0) is 50.8 Å². The monoisotopic (exact) mass is 335 g/mol. The van der Waals surface area contributed by atoms with Crippen LogP contribution in [0.2, 0.25) is 0 Å². The Morgan fingerprint density at radius 3 is 2.46 bits per heavy atom. The Morgan fingerprint density at radius 1 is 1.33 bits per heavy atom. The van der Waals surface area contributed by atoms with E-state index >= 15 is 0 Å². The maximum atomic E-state index is 12.3. The van der Waals surface area contributed by atoms with Gasteiger partial charge in [0, 0.05) is 18.5 Å². The summed E-state index contributed by atoms with van der Waals surface area (Å²) in [5.41, 5.74) is 0.250. The van der Waals surface area contributed by atoms with E-state index in [0.29, 0.717) is 13.1 Å². The highest BCUT2D eigenvalue weighted by Crippen LogP contribution is 2.42. The average molecular weight is 335 g/mol. The summed E-state index contributed by atoms with van der Waals surface area (Å²) in [5, 5.41) is 10.0. The van der Waals surface area contributed by atoms with Crippen molar-refractivity contribution in [2.45, 2.75) is 45.6 Å². The third-order valence-corrected chi connectivity index (χ3v) is 4.61. The Hall–Kier alpha value is -1.75. The Bertz CT molecular complexity index is 564. The maximum absolute atomic E-state index is 12.3. The van der Waals surface area contributed by atoms with Crippen LogP contribution in [0.25, 0.3) is 0 Å². The second-order valence-electron chi connectivity index (χ2n) is 7.83. The average Bonchev–Trinajstić information content (AvgIpc) is 2.53. The van der Waals surface area contributed by atoms with E-state index in [-0.39, 0.29) is 18.6 Å². The molecule has 2 rings (SSSR count). The number of piperidine rings is 1. The fourth-order valence-electron chi connectivity index (χ4n) is 3.31. The lowest BCUT2D eigenvalue weighted by molar-refractivity contribution is -0.0112. The molecule has 0 bridgehead atoms. The summed E-state index contributed by atoms with van der Waals surface area (Å²) in [6.07, 6.45) is 0.484. The predicted octanol–water partition coefficient (Wildman–Crippen LogP) is 3.42. The van der Waals surface area contributed by atoms with Gasteiger partial charge in [0.2, 0.25) is 0 Å². The number of benzene rings is 1. The molecule has 0 aliphatic carbocycles. The molecule has 5 nitrogen and oxygen atoms in total. The number of carbonyl (C=O) groups excluding carboxylic acids is 1. The molecular formula is C19H29NO4. The van der Waals surface area contributed by atoms with Crippen molar-refractivity contribution in [2.75, 3.05) is 26.8 Å². The molecule has 1 aromatic rings. The topological polar surface area (TPSA) is 59.0 Å². The Balaban J connectivity index is 2.15. The van der Waals surface area contributed by atoms with Crippen LogP contribution >= 0.6 is 0 Å². The number of carbonyl (C=O) groups is 1. The number of likely N-dealkylation sites (tertiary alicyclic amines) is 1. The van der Waals surface area contributed by atoms with Gasteiger partial charge in [0.05, 0.1) is 13.7 Å². The number of ether oxygens (including phenoxy) is 2. The van der Waals surface area contributed by atoms with Crippen LogP contribution in [-0.4, -0.2) is 48.5 Å². The summed E-state index contributed by atoms with van der Waals surface area (Å²) >= 11 is 0. The van der Waals surface area contributed by atoms with Crippen molar-refractivity contribution in [3.63, 3.8) is 0 Å². The highest BCUT2D eigenvalue weighted by atomic mass is 16.6. The summed E-state index contributed by atoms with van der Waals surface area (Å²) in [4.78, 5) is 14.1. The maximum Gasteiger partial charge on any atom is 0.410 e. The third kappa shape index (κ3) is 4.20. The van der Waals surface area contributed by atoms with Gasteiger partial charge in [-0.25, -0.2) is 4.79 Å². The van der Waals surface area contributed by atoms with Crippen LogP contribution in [0, 0.1) is 5.41 Å². The minimum absolute atomic E-state index is 0.0169. The van der Waals surface area contributed by atoms with E-state index in [1.807, 2.05) is 52.0 Å². The molecule has 1 aliphatic rings. The van der Waals surface area contributed by atoms with Gasteiger partial charge in [-0.2, -0.15) is 0 Å². The minimum atomic E-state index is -0.514. The first kappa shape index (κ1) is 18.6. The van der Waals surface area contributed by atoms with E-state index in [0.717, 1.165) is 17.7 Å². The van der Waals surface area contributed by atoms with Gasteiger partial charge in [0.15, 0.2) is 0 Å². The van der Waals surface area contributed by atoms with Crippen molar-refractivity contribution < 1.29 is 19.4 Å². The molecule has 1 fully saturated rings. The molecule has 0 unspecified atom stereocenters. The van der Waals surface area contributed by atoms with Crippen molar-refractivity contribution in [1.29, 1.82) is 0 Å². The first-order chi connectivity index (χ1) is 11.2. The van der Waals surface area contributed by atoms with E-state index < -0.39 is 11.0 Å². The molecule has 5 heteroatoms. The third-order valence-electron chi connectivity index (χ3n) is 4.61. The summed E-state index contributed by atoms with van der Waals surface area (Å²) in [6, 6.07) is 7.96. The molecule has 134 valence electrons. The van der Waals surface area contributed by atoms with Crippen LogP contribution < -0.4 is 4.74 Å². The number of aliphatic hydroxyl groups excluding tert-OH is 1.